The van der Waals surface area contributed by atoms with Gasteiger partial charge in [-0.2, -0.15) is 0 Å². The summed E-state index contributed by atoms with van der Waals surface area (Å²) in [6.07, 6.45) is 0. The molecule has 0 bridgehead atoms. The molecule has 35 valence electrons. The number of hydrogen-bond donors (Lipinski definition) is 0. The van der Waals surface area contributed by atoms with Gasteiger partial charge in [0.25, 0.3) is 5.97 Å². The van der Waals surface area contributed by atoms with Crippen LogP contribution >= 0.6 is 0 Å². The van der Waals surface area contributed by atoms with Crippen molar-refractivity contribution in [1.82, 2.24) is 0 Å². The SMILES string of the molecule is CC(=O)O[B]C#N. The fourth-order valence-electron chi connectivity index (χ4n) is 0.109. The van der Waals surface area contributed by atoms with Crippen molar-refractivity contribution in [2.24, 2.45) is 0 Å². The fraction of sp³-hybridized carbons (Fsp3) is 0.333. The van der Waals surface area contributed by atoms with E-state index in [0.29, 0.717) is 0 Å². The molecule has 0 N–H and O–H groups in total. The molecule has 0 saturated carbocycles. The monoisotopic (exact) mass is 96.0 g/mol. The van der Waals surface area contributed by atoms with Crippen LogP contribution in [0.2, 0.25) is 0 Å². The summed E-state index contributed by atoms with van der Waals surface area (Å²) in [6, 6.07) is 0. The van der Waals surface area contributed by atoms with Crippen LogP contribution in [0.3, 0.4) is 0 Å². The van der Waals surface area contributed by atoms with E-state index < -0.39 is 5.97 Å². The first kappa shape index (κ1) is 6.02. The highest BCUT2D eigenvalue weighted by molar-refractivity contribution is 6.40. The molecule has 0 rings (SSSR count). The van der Waals surface area contributed by atoms with E-state index in [-0.39, 0.29) is 0 Å². The molecule has 0 amide bonds. The molecular formula is C3H3BNO2. The summed E-state index contributed by atoms with van der Waals surface area (Å²) in [5.74, 6) is 1.06. The number of carbonyl (C=O) groups is 1. The molecule has 0 fully saturated rings. The van der Waals surface area contributed by atoms with Gasteiger partial charge in [0.1, 0.15) is 0 Å². The number of hydrogen-bond acceptors (Lipinski definition) is 3. The van der Waals surface area contributed by atoms with E-state index in [1.165, 1.54) is 12.9 Å². The van der Waals surface area contributed by atoms with Crippen LogP contribution in [0.5, 0.6) is 0 Å². The Kier molecular flexibility index (Phi) is 2.77. The maximum absolute atomic E-state index is 9.80. The first-order valence-electron chi connectivity index (χ1n) is 1.66. The number of nitrogens with zero attached hydrogens (tertiary/aromatic N) is 1. The van der Waals surface area contributed by atoms with E-state index in [1.807, 2.05) is 0 Å². The molecule has 3 nitrogen and oxygen atoms in total. The van der Waals surface area contributed by atoms with Crippen LogP contribution in [0.15, 0.2) is 0 Å². The molecular weight excluding hydrogens is 92.9 g/mol. The van der Waals surface area contributed by atoms with Gasteiger partial charge in [0.05, 0.1) is 5.97 Å². The first-order valence-corrected chi connectivity index (χ1v) is 1.66. The topological polar surface area (TPSA) is 50.1 Å². The van der Waals surface area contributed by atoms with E-state index in [4.69, 9.17) is 5.26 Å². The van der Waals surface area contributed by atoms with Crippen LogP contribution in [-0.2, 0) is 9.45 Å². The van der Waals surface area contributed by atoms with Crippen LogP contribution < -0.4 is 0 Å². The summed E-state index contributed by atoms with van der Waals surface area (Å²) in [5, 5.41) is 7.73. The molecule has 0 aliphatic heterocycles. The third kappa shape index (κ3) is 5.02. The number of nitriles is 1. The molecule has 0 spiro atoms. The molecule has 0 aliphatic rings. The molecule has 0 heterocycles. The van der Waals surface area contributed by atoms with Gasteiger partial charge >= 0.3 is 7.48 Å². The van der Waals surface area contributed by atoms with E-state index >= 15 is 0 Å². The summed E-state index contributed by atoms with van der Waals surface area (Å²) < 4.78 is 4.07. The average Bonchev–Trinajstić information content (AvgIpc) is 1.61. The average molecular weight is 95.9 g/mol. The quantitative estimate of drug-likeness (QED) is 0.419. The van der Waals surface area contributed by atoms with E-state index in [0.717, 1.165) is 7.48 Å². The first-order chi connectivity index (χ1) is 3.27. The van der Waals surface area contributed by atoms with Gasteiger partial charge in [0.15, 0.2) is 0 Å². The van der Waals surface area contributed by atoms with Gasteiger partial charge in [0, 0.05) is 6.92 Å². The van der Waals surface area contributed by atoms with E-state index in [9.17, 15) is 4.79 Å². The van der Waals surface area contributed by atoms with E-state index in [2.05, 4.69) is 4.65 Å². The largest absolute Gasteiger partial charge is 0.523 e. The molecule has 0 aliphatic carbocycles. The highest BCUT2D eigenvalue weighted by atomic mass is 16.5. The molecule has 0 unspecified atom stereocenters. The molecule has 0 aromatic heterocycles. The lowest BCUT2D eigenvalue weighted by molar-refractivity contribution is -0.131. The van der Waals surface area contributed by atoms with Crippen LogP contribution in [-0.4, -0.2) is 13.5 Å². The number of rotatable bonds is 1. The Morgan fingerprint density at radius 2 is 2.57 bits per heavy atom. The Balaban J connectivity index is 3.02. The summed E-state index contributed by atoms with van der Waals surface area (Å²) in [4.78, 5) is 9.80. The maximum atomic E-state index is 9.80. The zero-order valence-corrected chi connectivity index (χ0v) is 3.84. The minimum Gasteiger partial charge on any atom is -0.523 e. The normalized spacial score (nSPS) is 6.29. The van der Waals surface area contributed by atoms with Gasteiger partial charge in [-0.3, -0.25) is 4.79 Å². The van der Waals surface area contributed by atoms with Gasteiger partial charge in [0.2, 0.25) is 0 Å². The Bertz CT molecular complexity index is 106. The Labute approximate surface area is 42.2 Å². The standard InChI is InChI=1S/C3H3BNO2/c1-3(6)7-4-2-5/h1H3. The summed E-state index contributed by atoms with van der Waals surface area (Å²) >= 11 is 0. The van der Waals surface area contributed by atoms with Crippen molar-refractivity contribution in [3.63, 3.8) is 0 Å². The summed E-state index contributed by atoms with van der Waals surface area (Å²) in [7, 11) is 0.780. The molecule has 0 atom stereocenters. The predicted octanol–water partition coefficient (Wildman–Crippen LogP) is -0.350. The fourth-order valence-corrected chi connectivity index (χ4v) is 0.109. The predicted molar refractivity (Wildman–Crippen MR) is 23.1 cm³/mol. The van der Waals surface area contributed by atoms with Crippen LogP contribution in [0.1, 0.15) is 6.92 Å². The van der Waals surface area contributed by atoms with Gasteiger partial charge in [-0.1, -0.05) is 0 Å². The van der Waals surface area contributed by atoms with Crippen molar-refractivity contribution < 1.29 is 9.45 Å². The van der Waals surface area contributed by atoms with Crippen LogP contribution in [0.25, 0.3) is 0 Å². The third-order valence-electron chi connectivity index (χ3n) is 0.278. The summed E-state index contributed by atoms with van der Waals surface area (Å²) in [6.45, 7) is 1.23. The van der Waals surface area contributed by atoms with Gasteiger partial charge in [-0.15, -0.1) is 0 Å². The molecule has 0 saturated heterocycles. The van der Waals surface area contributed by atoms with Crippen LogP contribution in [0.4, 0.5) is 0 Å². The van der Waals surface area contributed by atoms with Crippen molar-refractivity contribution in [2.75, 3.05) is 0 Å². The lowest BCUT2D eigenvalue weighted by atomic mass is 10.1. The van der Waals surface area contributed by atoms with Gasteiger partial charge in [-0.05, 0) is 0 Å². The molecule has 4 heteroatoms. The Morgan fingerprint density at radius 1 is 2.00 bits per heavy atom. The van der Waals surface area contributed by atoms with Crippen molar-refractivity contribution in [3.8, 4) is 5.97 Å². The Hall–Kier alpha value is -0.975. The van der Waals surface area contributed by atoms with E-state index in [1.54, 1.807) is 0 Å². The van der Waals surface area contributed by atoms with Crippen molar-refractivity contribution in [1.29, 1.82) is 5.26 Å². The zero-order chi connectivity index (χ0) is 5.70. The summed E-state index contributed by atoms with van der Waals surface area (Å²) in [5.41, 5.74) is 0. The minimum absolute atomic E-state index is 0.471. The zero-order valence-electron chi connectivity index (χ0n) is 3.84. The minimum atomic E-state index is -0.471. The molecule has 0 aromatic rings. The lowest BCUT2D eigenvalue weighted by Crippen LogP contribution is -2.00. The van der Waals surface area contributed by atoms with Crippen LogP contribution in [0, 0.1) is 11.2 Å². The molecule has 1 radical (unpaired) electrons. The second-order valence-electron chi connectivity index (χ2n) is 0.856. The third-order valence-corrected chi connectivity index (χ3v) is 0.278. The second-order valence-corrected chi connectivity index (χ2v) is 0.856. The lowest BCUT2D eigenvalue weighted by Gasteiger charge is -1.85. The number of carbonyl (C=O) groups excluding carboxylic acids is 1. The molecule has 0 aromatic carbocycles. The highest BCUT2D eigenvalue weighted by Crippen LogP contribution is 1.67. The smallest absolute Gasteiger partial charge is 0.506 e. The highest BCUT2D eigenvalue weighted by Gasteiger charge is 1.90. The molecule has 7 heavy (non-hydrogen) atoms. The van der Waals surface area contributed by atoms with Crippen molar-refractivity contribution >= 4 is 13.5 Å². The Morgan fingerprint density at radius 3 is 2.71 bits per heavy atom. The van der Waals surface area contributed by atoms with Crippen molar-refractivity contribution in [3.05, 3.63) is 0 Å². The second kappa shape index (κ2) is 3.22. The maximum Gasteiger partial charge on any atom is 0.506 e. The van der Waals surface area contributed by atoms with Gasteiger partial charge < -0.3 is 4.65 Å². The van der Waals surface area contributed by atoms with Crippen molar-refractivity contribution in [2.45, 2.75) is 6.92 Å². The van der Waals surface area contributed by atoms with Gasteiger partial charge in [-0.25, -0.2) is 5.26 Å².